The van der Waals surface area contributed by atoms with Crippen LogP contribution in [0.3, 0.4) is 0 Å². The van der Waals surface area contributed by atoms with Gasteiger partial charge in [0.1, 0.15) is 0 Å². The van der Waals surface area contributed by atoms with E-state index in [0.29, 0.717) is 5.92 Å². The Balaban J connectivity index is 2.64. The van der Waals surface area contributed by atoms with Gasteiger partial charge in [0.2, 0.25) is 0 Å². The van der Waals surface area contributed by atoms with E-state index in [0.717, 1.165) is 27.6 Å². The molecule has 0 amide bonds. The molecule has 0 aliphatic heterocycles. The van der Waals surface area contributed by atoms with E-state index in [1.807, 2.05) is 13.0 Å². The van der Waals surface area contributed by atoms with Crippen molar-refractivity contribution in [3.63, 3.8) is 0 Å². The molecule has 1 rings (SSSR count). The highest BCUT2D eigenvalue weighted by molar-refractivity contribution is 7.16. The van der Waals surface area contributed by atoms with Crippen LogP contribution in [-0.2, 0) is 0 Å². The molecule has 1 aromatic rings. The van der Waals surface area contributed by atoms with E-state index in [1.54, 1.807) is 0 Å². The van der Waals surface area contributed by atoms with Crippen molar-refractivity contribution >= 4 is 22.9 Å². The van der Waals surface area contributed by atoms with Crippen molar-refractivity contribution in [2.24, 2.45) is 5.92 Å². The summed E-state index contributed by atoms with van der Waals surface area (Å²) < 4.78 is 0.795. The lowest BCUT2D eigenvalue weighted by Crippen LogP contribution is -2.01. The van der Waals surface area contributed by atoms with Crippen molar-refractivity contribution < 1.29 is 5.11 Å². The largest absolute Gasteiger partial charge is 0.388 e. The number of aliphatic hydroxyl groups is 1. The van der Waals surface area contributed by atoms with Gasteiger partial charge in [0.25, 0.3) is 0 Å². The van der Waals surface area contributed by atoms with Crippen LogP contribution in [0.15, 0.2) is 6.07 Å². The molecular weight excluding hydrogens is 216 g/mol. The quantitative estimate of drug-likeness (QED) is 0.826. The first-order chi connectivity index (χ1) is 6.54. The maximum atomic E-state index is 9.91. The number of hydrogen-bond donors (Lipinski definition) is 1. The third-order valence-corrected chi connectivity index (χ3v) is 4.18. The van der Waals surface area contributed by atoms with Gasteiger partial charge in [-0.15, -0.1) is 11.3 Å². The van der Waals surface area contributed by atoms with Gasteiger partial charge in [-0.3, -0.25) is 0 Å². The molecule has 0 radical (unpaired) electrons. The summed E-state index contributed by atoms with van der Waals surface area (Å²) in [5.41, 5.74) is 1.06. The molecular formula is C11H17ClOS. The molecule has 1 aromatic heterocycles. The van der Waals surface area contributed by atoms with Gasteiger partial charge >= 0.3 is 0 Å². The normalized spacial score (nSPS) is 15.5. The molecule has 80 valence electrons. The Morgan fingerprint density at radius 2 is 2.21 bits per heavy atom. The van der Waals surface area contributed by atoms with E-state index in [1.165, 1.54) is 11.3 Å². The van der Waals surface area contributed by atoms with Crippen molar-refractivity contribution in [1.82, 2.24) is 0 Å². The number of thiophene rings is 1. The minimum atomic E-state index is -0.346. The van der Waals surface area contributed by atoms with Crippen molar-refractivity contribution in [3.05, 3.63) is 20.8 Å². The molecule has 2 atom stereocenters. The van der Waals surface area contributed by atoms with Crippen LogP contribution in [0, 0.1) is 12.8 Å². The Kier molecular flexibility index (Phi) is 4.42. The average molecular weight is 233 g/mol. The van der Waals surface area contributed by atoms with Crippen molar-refractivity contribution in [2.45, 2.75) is 39.7 Å². The highest BCUT2D eigenvalue weighted by Crippen LogP contribution is 2.33. The summed E-state index contributed by atoms with van der Waals surface area (Å²) in [5, 5.41) is 9.91. The third kappa shape index (κ3) is 2.97. The van der Waals surface area contributed by atoms with Crippen LogP contribution in [0.5, 0.6) is 0 Å². The van der Waals surface area contributed by atoms with Crippen LogP contribution in [-0.4, -0.2) is 5.11 Å². The molecule has 1 nitrogen and oxygen atoms in total. The second kappa shape index (κ2) is 5.15. The summed E-state index contributed by atoms with van der Waals surface area (Å²) in [6.07, 6.45) is 1.59. The second-order valence-corrected chi connectivity index (χ2v) is 5.56. The molecule has 0 aliphatic rings. The van der Waals surface area contributed by atoms with E-state index >= 15 is 0 Å². The van der Waals surface area contributed by atoms with Gasteiger partial charge in [0, 0.05) is 4.88 Å². The van der Waals surface area contributed by atoms with Crippen molar-refractivity contribution in [2.75, 3.05) is 0 Å². The first kappa shape index (κ1) is 12.0. The minimum absolute atomic E-state index is 0.346. The first-order valence-corrected chi connectivity index (χ1v) is 6.18. The molecule has 2 unspecified atom stereocenters. The molecule has 3 heteroatoms. The lowest BCUT2D eigenvalue weighted by molar-refractivity contribution is 0.150. The van der Waals surface area contributed by atoms with Crippen LogP contribution in [0.25, 0.3) is 0 Å². The number of aryl methyl sites for hydroxylation is 1. The summed E-state index contributed by atoms with van der Waals surface area (Å²) >= 11 is 7.44. The molecule has 0 aliphatic carbocycles. The van der Waals surface area contributed by atoms with Gasteiger partial charge in [-0.05, 0) is 30.9 Å². The summed E-state index contributed by atoms with van der Waals surface area (Å²) in [6.45, 7) is 6.27. The van der Waals surface area contributed by atoms with Crippen LogP contribution < -0.4 is 0 Å². The number of halogens is 1. The predicted octanol–water partition coefficient (Wildman–Crippen LogP) is 4.18. The van der Waals surface area contributed by atoms with Crippen LogP contribution in [0.2, 0.25) is 4.34 Å². The monoisotopic (exact) mass is 232 g/mol. The van der Waals surface area contributed by atoms with Gasteiger partial charge in [0.15, 0.2) is 0 Å². The Labute approximate surface area is 94.7 Å². The molecule has 1 heterocycles. The third-order valence-electron chi connectivity index (χ3n) is 2.53. The van der Waals surface area contributed by atoms with E-state index in [-0.39, 0.29) is 6.10 Å². The Morgan fingerprint density at radius 1 is 1.57 bits per heavy atom. The molecule has 0 aromatic carbocycles. The van der Waals surface area contributed by atoms with Crippen LogP contribution in [0.4, 0.5) is 0 Å². The summed E-state index contributed by atoms with van der Waals surface area (Å²) in [7, 11) is 0. The first-order valence-electron chi connectivity index (χ1n) is 4.98. The molecule has 14 heavy (non-hydrogen) atoms. The SMILES string of the molecule is CCC(C)CC(O)c1cc(C)c(Cl)s1. The van der Waals surface area contributed by atoms with Gasteiger partial charge in [-0.25, -0.2) is 0 Å². The molecule has 0 spiro atoms. The lowest BCUT2D eigenvalue weighted by Gasteiger charge is -2.12. The zero-order valence-corrected chi connectivity index (χ0v) is 10.5. The Bertz CT molecular complexity index is 276. The van der Waals surface area contributed by atoms with E-state index in [4.69, 9.17) is 11.6 Å². The number of hydrogen-bond acceptors (Lipinski definition) is 2. The van der Waals surface area contributed by atoms with E-state index in [9.17, 15) is 5.11 Å². The predicted molar refractivity (Wildman–Crippen MR) is 63.1 cm³/mol. The summed E-state index contributed by atoms with van der Waals surface area (Å²) in [5.74, 6) is 0.561. The van der Waals surface area contributed by atoms with Crippen molar-refractivity contribution in [1.29, 1.82) is 0 Å². The van der Waals surface area contributed by atoms with E-state index < -0.39 is 0 Å². The van der Waals surface area contributed by atoms with Gasteiger partial charge in [-0.2, -0.15) is 0 Å². The van der Waals surface area contributed by atoms with Gasteiger partial charge in [-0.1, -0.05) is 31.9 Å². The molecule has 0 saturated carbocycles. The second-order valence-electron chi connectivity index (χ2n) is 3.87. The molecule has 1 N–H and O–H groups in total. The van der Waals surface area contributed by atoms with Crippen LogP contribution >= 0.6 is 22.9 Å². The zero-order chi connectivity index (χ0) is 10.7. The van der Waals surface area contributed by atoms with Gasteiger partial charge in [0.05, 0.1) is 10.4 Å². The molecule has 0 bridgehead atoms. The minimum Gasteiger partial charge on any atom is -0.388 e. The highest BCUT2D eigenvalue weighted by Gasteiger charge is 2.14. The Hall–Kier alpha value is -0.0500. The highest BCUT2D eigenvalue weighted by atomic mass is 35.5. The fraction of sp³-hybridized carbons (Fsp3) is 0.636. The van der Waals surface area contributed by atoms with Gasteiger partial charge < -0.3 is 5.11 Å². The fourth-order valence-corrected chi connectivity index (χ4v) is 2.53. The standard InChI is InChI=1S/C11H17ClOS/c1-4-7(2)5-9(13)10-6-8(3)11(12)14-10/h6-7,9,13H,4-5H2,1-3H3. The number of aliphatic hydroxyl groups excluding tert-OH is 1. The Morgan fingerprint density at radius 3 is 2.64 bits per heavy atom. The smallest absolute Gasteiger partial charge is 0.0961 e. The molecule has 0 fully saturated rings. The van der Waals surface area contributed by atoms with Crippen molar-refractivity contribution in [3.8, 4) is 0 Å². The molecule has 0 saturated heterocycles. The van der Waals surface area contributed by atoms with Crippen LogP contribution in [0.1, 0.15) is 43.2 Å². The van der Waals surface area contributed by atoms with E-state index in [2.05, 4.69) is 13.8 Å². The summed E-state index contributed by atoms with van der Waals surface area (Å²) in [6, 6.07) is 1.99. The lowest BCUT2D eigenvalue weighted by atomic mass is 10.0. The maximum absolute atomic E-state index is 9.91. The fourth-order valence-electron chi connectivity index (χ4n) is 1.31. The zero-order valence-electron chi connectivity index (χ0n) is 8.88. The summed E-state index contributed by atoms with van der Waals surface area (Å²) in [4.78, 5) is 0.993. The topological polar surface area (TPSA) is 20.2 Å². The maximum Gasteiger partial charge on any atom is 0.0961 e. The number of rotatable bonds is 4. The average Bonchev–Trinajstić information content (AvgIpc) is 2.47.